The zero-order valence-electron chi connectivity index (χ0n) is 15.7. The summed E-state index contributed by atoms with van der Waals surface area (Å²) in [6.45, 7) is 3.72. The van der Waals surface area contributed by atoms with Crippen LogP contribution < -0.4 is 16.1 Å². The van der Waals surface area contributed by atoms with Gasteiger partial charge in [0, 0.05) is 15.7 Å². The highest BCUT2D eigenvalue weighted by molar-refractivity contribution is 9.10. The molecule has 0 radical (unpaired) electrons. The predicted molar refractivity (Wildman–Crippen MR) is 112 cm³/mol. The summed E-state index contributed by atoms with van der Waals surface area (Å²) in [5.41, 5.74) is 3.33. The Morgan fingerprint density at radius 1 is 1.07 bits per heavy atom. The Kier molecular flexibility index (Phi) is 7.57. The van der Waals surface area contributed by atoms with Gasteiger partial charge in [-0.3, -0.25) is 4.79 Å². The van der Waals surface area contributed by atoms with Crippen LogP contribution in [0.25, 0.3) is 0 Å². The highest BCUT2D eigenvalue weighted by atomic mass is 79.9. The quantitative estimate of drug-likeness (QED) is 0.461. The largest absolute Gasteiger partial charge is 0.343 e. The molecule has 0 unspecified atom stereocenters. The second-order valence-electron chi connectivity index (χ2n) is 6.85. The number of anilines is 1. The monoisotopic (exact) mass is 446 g/mol. The van der Waals surface area contributed by atoms with Gasteiger partial charge in [-0.05, 0) is 56.5 Å². The fourth-order valence-electron chi connectivity index (χ4n) is 2.44. The van der Waals surface area contributed by atoms with Crippen molar-refractivity contribution in [3.63, 3.8) is 0 Å². The van der Waals surface area contributed by atoms with Crippen LogP contribution in [0.3, 0.4) is 0 Å². The molecule has 3 N–H and O–H groups in total. The maximum absolute atomic E-state index is 12.4. The lowest BCUT2D eigenvalue weighted by atomic mass is 9.95. The highest BCUT2D eigenvalue weighted by Gasteiger charge is 2.24. The van der Waals surface area contributed by atoms with Gasteiger partial charge >= 0.3 is 12.1 Å². The number of hydrogen-bond acceptors (Lipinski definition) is 3. The summed E-state index contributed by atoms with van der Waals surface area (Å²) in [6.07, 6.45) is 1.69. The van der Waals surface area contributed by atoms with E-state index < -0.39 is 17.6 Å². The van der Waals surface area contributed by atoms with Crippen molar-refractivity contribution in [1.82, 2.24) is 15.8 Å². The lowest BCUT2D eigenvalue weighted by Crippen LogP contribution is -2.56. The van der Waals surface area contributed by atoms with Gasteiger partial charge in [-0.15, -0.1) is 0 Å². The van der Waals surface area contributed by atoms with Gasteiger partial charge < -0.3 is 10.6 Å². The fraction of sp³-hybridized carbons (Fsp3) is 0.250. The van der Waals surface area contributed by atoms with Gasteiger partial charge in [0.15, 0.2) is 0 Å². The summed E-state index contributed by atoms with van der Waals surface area (Å²) in [7, 11) is 0. The van der Waals surface area contributed by atoms with E-state index in [9.17, 15) is 14.4 Å². The number of carbonyl (C=O) groups is 3. The SMILES string of the molecule is CC(C)(CCc1ccccc1)NC(=O)N(C=O)NC(=O)Nc1ccc(Br)cc1. The first-order valence-corrected chi connectivity index (χ1v) is 9.52. The Bertz CT molecular complexity index is 810. The number of urea groups is 2. The first kappa shape index (κ1) is 21.4. The van der Waals surface area contributed by atoms with Crippen LogP contribution in [0.15, 0.2) is 59.1 Å². The van der Waals surface area contributed by atoms with Crippen LogP contribution in [0.1, 0.15) is 25.8 Å². The number of benzene rings is 2. The van der Waals surface area contributed by atoms with Crippen LogP contribution in [-0.4, -0.2) is 29.0 Å². The molecule has 0 heterocycles. The van der Waals surface area contributed by atoms with Crippen LogP contribution in [0, 0.1) is 0 Å². The Hall–Kier alpha value is -2.87. The first-order valence-electron chi connectivity index (χ1n) is 8.73. The topological polar surface area (TPSA) is 90.5 Å². The maximum atomic E-state index is 12.4. The highest BCUT2D eigenvalue weighted by Crippen LogP contribution is 2.15. The van der Waals surface area contributed by atoms with Gasteiger partial charge in [-0.2, -0.15) is 5.01 Å². The number of halogens is 1. The Balaban J connectivity index is 1.87. The molecule has 0 aliphatic rings. The van der Waals surface area contributed by atoms with Gasteiger partial charge in [0.1, 0.15) is 0 Å². The van der Waals surface area contributed by atoms with Crippen LogP contribution in [0.5, 0.6) is 0 Å². The molecular formula is C20H23BrN4O3. The number of aryl methyl sites for hydroxylation is 1. The number of carbonyl (C=O) groups excluding carboxylic acids is 3. The number of nitrogens with one attached hydrogen (secondary N) is 3. The predicted octanol–water partition coefficient (Wildman–Crippen LogP) is 4.07. The zero-order valence-corrected chi connectivity index (χ0v) is 17.3. The molecule has 0 aromatic heterocycles. The van der Waals surface area contributed by atoms with E-state index in [2.05, 4.69) is 32.0 Å². The summed E-state index contributed by atoms with van der Waals surface area (Å²) in [5, 5.41) is 5.89. The second-order valence-corrected chi connectivity index (χ2v) is 7.76. The molecule has 5 amide bonds. The van der Waals surface area contributed by atoms with E-state index in [0.29, 0.717) is 17.1 Å². The summed E-state index contributed by atoms with van der Waals surface area (Å²) >= 11 is 3.30. The molecule has 28 heavy (non-hydrogen) atoms. The van der Waals surface area contributed by atoms with Gasteiger partial charge in [-0.25, -0.2) is 15.0 Å². The minimum Gasteiger partial charge on any atom is -0.331 e. The minimum absolute atomic E-state index is 0.254. The summed E-state index contributed by atoms with van der Waals surface area (Å²) in [5.74, 6) is 0. The number of imide groups is 1. The Labute approximate surface area is 172 Å². The second kappa shape index (κ2) is 9.89. The summed E-state index contributed by atoms with van der Waals surface area (Å²) < 4.78 is 0.866. The normalized spacial score (nSPS) is 10.7. The van der Waals surface area contributed by atoms with Crippen molar-refractivity contribution in [1.29, 1.82) is 0 Å². The van der Waals surface area contributed by atoms with Crippen molar-refractivity contribution in [2.75, 3.05) is 5.32 Å². The average molecular weight is 447 g/mol. The molecule has 0 atom stereocenters. The van der Waals surface area contributed by atoms with Crippen molar-refractivity contribution >= 4 is 40.1 Å². The van der Waals surface area contributed by atoms with E-state index in [1.165, 1.54) is 0 Å². The van der Waals surface area contributed by atoms with Crippen LogP contribution in [0.4, 0.5) is 15.3 Å². The lowest BCUT2D eigenvalue weighted by Gasteiger charge is -2.28. The van der Waals surface area contributed by atoms with Crippen molar-refractivity contribution in [3.8, 4) is 0 Å². The third kappa shape index (κ3) is 7.03. The first-order chi connectivity index (χ1) is 13.3. The fourth-order valence-corrected chi connectivity index (χ4v) is 2.70. The summed E-state index contributed by atoms with van der Waals surface area (Å²) in [4.78, 5) is 35.7. The number of rotatable bonds is 6. The van der Waals surface area contributed by atoms with E-state index >= 15 is 0 Å². The van der Waals surface area contributed by atoms with Crippen molar-refractivity contribution in [2.24, 2.45) is 0 Å². The van der Waals surface area contributed by atoms with Crippen molar-refractivity contribution in [2.45, 2.75) is 32.2 Å². The van der Waals surface area contributed by atoms with Crippen molar-refractivity contribution < 1.29 is 14.4 Å². The lowest BCUT2D eigenvalue weighted by molar-refractivity contribution is -0.117. The number of amides is 5. The van der Waals surface area contributed by atoms with Crippen molar-refractivity contribution in [3.05, 3.63) is 64.6 Å². The zero-order chi connectivity index (χ0) is 20.6. The molecule has 148 valence electrons. The third-order valence-electron chi connectivity index (χ3n) is 3.98. The number of hydrogen-bond donors (Lipinski definition) is 3. The molecule has 0 saturated heterocycles. The van der Waals surface area contributed by atoms with Gasteiger partial charge in [0.25, 0.3) is 0 Å². The minimum atomic E-state index is -0.709. The van der Waals surface area contributed by atoms with Gasteiger partial charge in [0.2, 0.25) is 6.41 Å². The van der Waals surface area contributed by atoms with E-state index in [1.54, 1.807) is 24.3 Å². The smallest absolute Gasteiger partial charge is 0.331 e. The molecular weight excluding hydrogens is 424 g/mol. The summed E-state index contributed by atoms with van der Waals surface area (Å²) in [6, 6.07) is 15.4. The van der Waals surface area contributed by atoms with Gasteiger partial charge in [-0.1, -0.05) is 46.3 Å². The van der Waals surface area contributed by atoms with Crippen LogP contribution in [-0.2, 0) is 11.2 Å². The molecule has 0 spiro atoms. The van der Waals surface area contributed by atoms with E-state index in [0.717, 1.165) is 16.5 Å². The molecule has 2 aromatic carbocycles. The maximum Gasteiger partial charge on any atom is 0.343 e. The molecule has 7 nitrogen and oxygen atoms in total. The molecule has 2 aromatic rings. The number of hydrazine groups is 1. The van der Waals surface area contributed by atoms with E-state index in [1.807, 2.05) is 44.2 Å². The number of nitrogens with zero attached hydrogens (tertiary/aromatic N) is 1. The third-order valence-corrected chi connectivity index (χ3v) is 4.50. The van der Waals surface area contributed by atoms with Gasteiger partial charge in [0.05, 0.1) is 0 Å². The standard InChI is InChI=1S/C20H23BrN4O3/c1-20(2,13-12-15-6-4-3-5-7-15)23-19(28)25(14-26)24-18(27)22-17-10-8-16(21)9-11-17/h3-11,14H,12-13H2,1-2H3,(H,23,28)(H2,22,24,27). The molecule has 8 heteroatoms. The van der Waals surface area contributed by atoms with Crippen LogP contribution >= 0.6 is 15.9 Å². The average Bonchev–Trinajstić information content (AvgIpc) is 2.67. The van der Waals surface area contributed by atoms with E-state index in [-0.39, 0.29) is 6.41 Å². The molecule has 2 rings (SSSR count). The Morgan fingerprint density at radius 3 is 2.32 bits per heavy atom. The molecule has 0 aliphatic carbocycles. The molecule has 0 fully saturated rings. The van der Waals surface area contributed by atoms with E-state index in [4.69, 9.17) is 0 Å². The Morgan fingerprint density at radius 2 is 1.71 bits per heavy atom. The molecule has 0 aliphatic heterocycles. The molecule has 0 saturated carbocycles. The molecule has 0 bridgehead atoms. The van der Waals surface area contributed by atoms with Crippen LogP contribution in [0.2, 0.25) is 0 Å².